The molecule has 1 aliphatic heterocycles. The second-order valence-corrected chi connectivity index (χ2v) is 3.36. The second-order valence-electron chi connectivity index (χ2n) is 3.36. The van der Waals surface area contributed by atoms with Crippen LogP contribution in [0.25, 0.3) is 0 Å². The summed E-state index contributed by atoms with van der Waals surface area (Å²) in [5.74, 6) is 0.0607. The molecule has 7 nitrogen and oxygen atoms in total. The number of β-amino-alcohol motifs (C(OH)–C–C–N with tert-alkyl or cyclic N) is 1. The molecule has 1 aromatic heterocycles. The van der Waals surface area contributed by atoms with Crippen molar-refractivity contribution in [2.75, 3.05) is 22.9 Å². The highest BCUT2D eigenvalue weighted by atomic mass is 16.3. The molecule has 1 aliphatic rings. The van der Waals surface area contributed by atoms with Gasteiger partial charge in [0.1, 0.15) is 12.0 Å². The lowest BCUT2D eigenvalue weighted by molar-refractivity contribution is -0.117. The number of carbonyl (C=O) groups excluding carboxylic acids is 1. The van der Waals surface area contributed by atoms with Crippen LogP contribution in [0.3, 0.4) is 0 Å². The number of nitrogens with two attached hydrogens (primary N) is 2. The minimum absolute atomic E-state index is 0.0772. The lowest BCUT2D eigenvalue weighted by atomic mass is 10.3. The number of aliphatic hydroxyl groups is 1. The van der Waals surface area contributed by atoms with Crippen LogP contribution >= 0.6 is 0 Å². The Morgan fingerprint density at radius 3 is 2.47 bits per heavy atom. The van der Waals surface area contributed by atoms with Crippen LogP contribution in [0.5, 0.6) is 0 Å². The maximum absolute atomic E-state index is 11.5. The highest BCUT2D eigenvalue weighted by molar-refractivity contribution is 6.00. The summed E-state index contributed by atoms with van der Waals surface area (Å²) in [7, 11) is 0. The van der Waals surface area contributed by atoms with Gasteiger partial charge in [-0.2, -0.15) is 0 Å². The molecule has 1 atom stereocenters. The first-order valence-corrected chi connectivity index (χ1v) is 4.44. The third-order valence-electron chi connectivity index (χ3n) is 2.25. The minimum Gasteiger partial charge on any atom is -0.391 e. The summed E-state index contributed by atoms with van der Waals surface area (Å²) >= 11 is 0. The molecule has 1 fully saturated rings. The van der Waals surface area contributed by atoms with E-state index in [1.165, 1.54) is 11.2 Å². The Morgan fingerprint density at radius 1 is 1.40 bits per heavy atom. The average molecular weight is 209 g/mol. The molecule has 7 heteroatoms. The van der Waals surface area contributed by atoms with Crippen molar-refractivity contribution >= 4 is 23.2 Å². The van der Waals surface area contributed by atoms with Gasteiger partial charge >= 0.3 is 0 Å². The zero-order chi connectivity index (χ0) is 11.0. The van der Waals surface area contributed by atoms with E-state index in [2.05, 4.69) is 9.97 Å². The molecule has 15 heavy (non-hydrogen) atoms. The molecule has 0 aliphatic carbocycles. The van der Waals surface area contributed by atoms with E-state index in [0.717, 1.165) is 0 Å². The number of nitrogens with zero attached hydrogens (tertiary/aromatic N) is 3. The largest absolute Gasteiger partial charge is 0.391 e. The van der Waals surface area contributed by atoms with Gasteiger partial charge in [-0.3, -0.25) is 4.79 Å². The van der Waals surface area contributed by atoms with Crippen molar-refractivity contribution < 1.29 is 9.90 Å². The first-order valence-electron chi connectivity index (χ1n) is 4.44. The third-order valence-corrected chi connectivity index (χ3v) is 2.25. The average Bonchev–Trinajstić information content (AvgIpc) is 2.45. The van der Waals surface area contributed by atoms with Gasteiger partial charge in [-0.25, -0.2) is 9.97 Å². The Morgan fingerprint density at radius 2 is 2.00 bits per heavy atom. The maximum Gasteiger partial charge on any atom is 0.229 e. The predicted molar refractivity (Wildman–Crippen MR) is 53.8 cm³/mol. The first kappa shape index (κ1) is 9.66. The molecule has 0 radical (unpaired) electrons. The molecule has 2 heterocycles. The summed E-state index contributed by atoms with van der Waals surface area (Å²) in [5, 5.41) is 9.33. The molecule has 1 aromatic rings. The Bertz CT molecular complexity index is 388. The van der Waals surface area contributed by atoms with Crippen LogP contribution in [0.1, 0.15) is 6.42 Å². The zero-order valence-corrected chi connectivity index (χ0v) is 7.92. The van der Waals surface area contributed by atoms with E-state index in [1.807, 2.05) is 0 Å². The quantitative estimate of drug-likeness (QED) is 0.531. The van der Waals surface area contributed by atoms with Crippen LogP contribution in [-0.2, 0) is 4.79 Å². The number of amides is 1. The molecule has 80 valence electrons. The number of aliphatic hydroxyl groups excluding tert-OH is 1. The van der Waals surface area contributed by atoms with Crippen molar-refractivity contribution in [2.45, 2.75) is 12.5 Å². The van der Waals surface area contributed by atoms with Gasteiger partial charge in [0.05, 0.1) is 19.1 Å². The summed E-state index contributed by atoms with van der Waals surface area (Å²) in [6.07, 6.45) is 0.621. The number of carbonyl (C=O) groups is 1. The Labute approximate surface area is 85.7 Å². The summed E-state index contributed by atoms with van der Waals surface area (Å²) in [6.45, 7) is 0.181. The second kappa shape index (κ2) is 3.35. The van der Waals surface area contributed by atoms with E-state index in [1.54, 1.807) is 0 Å². The van der Waals surface area contributed by atoms with Crippen molar-refractivity contribution in [1.29, 1.82) is 0 Å². The van der Waals surface area contributed by atoms with Crippen LogP contribution in [0, 0.1) is 0 Å². The highest BCUT2D eigenvalue weighted by Crippen LogP contribution is 2.29. The van der Waals surface area contributed by atoms with Crippen molar-refractivity contribution in [2.24, 2.45) is 0 Å². The van der Waals surface area contributed by atoms with Crippen LogP contribution in [0.4, 0.5) is 17.3 Å². The molecule has 0 aromatic carbocycles. The van der Waals surface area contributed by atoms with E-state index < -0.39 is 6.10 Å². The molecule has 1 saturated heterocycles. The molecular weight excluding hydrogens is 198 g/mol. The summed E-state index contributed by atoms with van der Waals surface area (Å²) < 4.78 is 0. The Kier molecular flexibility index (Phi) is 2.16. The smallest absolute Gasteiger partial charge is 0.229 e. The standard InChI is InChI=1S/C8H11N5O2/c9-7-6(8(10)12-3-11-7)13-2-4(14)1-5(13)15/h3-4,14H,1-2H2,(H4,9,10,11,12). The van der Waals surface area contributed by atoms with E-state index in [9.17, 15) is 9.90 Å². The highest BCUT2D eigenvalue weighted by Gasteiger charge is 2.32. The molecule has 1 unspecified atom stereocenters. The van der Waals surface area contributed by atoms with Gasteiger partial charge in [0.15, 0.2) is 11.6 Å². The fourth-order valence-electron chi connectivity index (χ4n) is 1.59. The van der Waals surface area contributed by atoms with Crippen LogP contribution in [-0.4, -0.2) is 33.6 Å². The van der Waals surface area contributed by atoms with Gasteiger partial charge < -0.3 is 21.5 Å². The number of aromatic nitrogens is 2. The van der Waals surface area contributed by atoms with Gasteiger partial charge in [0.25, 0.3) is 0 Å². The van der Waals surface area contributed by atoms with Gasteiger partial charge in [0.2, 0.25) is 5.91 Å². The number of hydrogen-bond donors (Lipinski definition) is 3. The molecule has 1 amide bonds. The minimum atomic E-state index is -0.684. The van der Waals surface area contributed by atoms with Crippen molar-refractivity contribution in [3.8, 4) is 0 Å². The zero-order valence-electron chi connectivity index (χ0n) is 7.92. The van der Waals surface area contributed by atoms with Gasteiger partial charge in [-0.1, -0.05) is 0 Å². The Hall–Kier alpha value is -1.89. The third kappa shape index (κ3) is 1.57. The number of nitrogen functional groups attached to an aromatic ring is 2. The van der Waals surface area contributed by atoms with E-state index in [4.69, 9.17) is 11.5 Å². The van der Waals surface area contributed by atoms with E-state index >= 15 is 0 Å². The van der Waals surface area contributed by atoms with Crippen molar-refractivity contribution in [3.05, 3.63) is 6.33 Å². The maximum atomic E-state index is 11.5. The number of rotatable bonds is 1. The molecule has 5 N–H and O–H groups in total. The van der Waals surface area contributed by atoms with Gasteiger partial charge in [0, 0.05) is 0 Å². The lowest BCUT2D eigenvalue weighted by Crippen LogP contribution is -2.27. The number of hydrogen-bond acceptors (Lipinski definition) is 6. The fourth-order valence-corrected chi connectivity index (χ4v) is 1.59. The van der Waals surface area contributed by atoms with Crippen molar-refractivity contribution in [3.63, 3.8) is 0 Å². The van der Waals surface area contributed by atoms with Crippen LogP contribution in [0.15, 0.2) is 6.33 Å². The van der Waals surface area contributed by atoms with Crippen molar-refractivity contribution in [1.82, 2.24) is 9.97 Å². The SMILES string of the molecule is Nc1ncnc(N)c1N1CC(O)CC1=O. The molecule has 2 rings (SSSR count). The lowest BCUT2D eigenvalue weighted by Gasteiger charge is -2.18. The van der Waals surface area contributed by atoms with Crippen LogP contribution < -0.4 is 16.4 Å². The normalized spacial score (nSPS) is 21.0. The topological polar surface area (TPSA) is 118 Å². The fraction of sp³-hybridized carbons (Fsp3) is 0.375. The van der Waals surface area contributed by atoms with Crippen LogP contribution in [0.2, 0.25) is 0 Å². The summed E-state index contributed by atoms with van der Waals surface area (Å²) in [5.41, 5.74) is 11.5. The summed E-state index contributed by atoms with van der Waals surface area (Å²) in [4.78, 5) is 20.3. The van der Waals surface area contributed by atoms with Gasteiger partial charge in [-0.15, -0.1) is 0 Å². The van der Waals surface area contributed by atoms with Gasteiger partial charge in [-0.05, 0) is 0 Å². The summed E-state index contributed by atoms with van der Waals surface area (Å²) in [6, 6.07) is 0. The predicted octanol–water partition coefficient (Wildman–Crippen LogP) is -1.26. The Balaban J connectivity index is 2.41. The molecule has 0 bridgehead atoms. The number of anilines is 3. The molecule has 0 spiro atoms. The molecule has 0 saturated carbocycles. The van der Waals surface area contributed by atoms with E-state index in [0.29, 0.717) is 5.69 Å². The van der Waals surface area contributed by atoms with E-state index in [-0.39, 0.29) is 30.5 Å². The monoisotopic (exact) mass is 209 g/mol. The first-order chi connectivity index (χ1) is 7.09. The molecular formula is C8H11N5O2.